The first-order valence-electron chi connectivity index (χ1n) is 8.37. The van der Waals surface area contributed by atoms with Gasteiger partial charge in [-0.2, -0.15) is 4.98 Å². The first kappa shape index (κ1) is 19.4. The standard InChI is InChI=1S/C17H19F2N3O4S/c1-25-16-9-20-10-17(21-16)26-13-5-3-12(4-6-13)22-27(23,24)15-8-11(18)2-7-14(15)19/h2,7-10,12-13,22H,3-6H2,1H3. The number of ether oxygens (including phenoxy) is 2. The summed E-state index contributed by atoms with van der Waals surface area (Å²) in [6.07, 6.45) is 4.96. The van der Waals surface area contributed by atoms with E-state index in [-0.39, 0.29) is 12.1 Å². The number of benzene rings is 1. The summed E-state index contributed by atoms with van der Waals surface area (Å²) in [5.74, 6) is -1.13. The van der Waals surface area contributed by atoms with Crippen molar-refractivity contribution in [1.29, 1.82) is 0 Å². The van der Waals surface area contributed by atoms with E-state index in [4.69, 9.17) is 9.47 Å². The predicted molar refractivity (Wildman–Crippen MR) is 91.9 cm³/mol. The van der Waals surface area contributed by atoms with E-state index in [0.29, 0.717) is 43.5 Å². The molecular weight excluding hydrogens is 380 g/mol. The second-order valence-electron chi connectivity index (χ2n) is 6.19. The van der Waals surface area contributed by atoms with Crippen molar-refractivity contribution >= 4 is 10.0 Å². The zero-order chi connectivity index (χ0) is 19.4. The van der Waals surface area contributed by atoms with Gasteiger partial charge in [-0.25, -0.2) is 21.9 Å². The maximum Gasteiger partial charge on any atom is 0.243 e. The minimum atomic E-state index is -4.14. The summed E-state index contributed by atoms with van der Waals surface area (Å²) < 4.78 is 64.9. The van der Waals surface area contributed by atoms with Crippen molar-refractivity contribution in [2.24, 2.45) is 0 Å². The molecule has 1 fully saturated rings. The summed E-state index contributed by atoms with van der Waals surface area (Å²) in [5.41, 5.74) is 0. The highest BCUT2D eigenvalue weighted by Gasteiger charge is 2.28. The van der Waals surface area contributed by atoms with Crippen molar-refractivity contribution in [2.45, 2.75) is 42.7 Å². The summed E-state index contributed by atoms with van der Waals surface area (Å²) in [4.78, 5) is 7.40. The fourth-order valence-corrected chi connectivity index (χ4v) is 4.32. The van der Waals surface area contributed by atoms with Crippen LogP contribution in [0.25, 0.3) is 0 Å². The normalized spacial score (nSPS) is 20.3. The highest BCUT2D eigenvalue weighted by molar-refractivity contribution is 7.89. The van der Waals surface area contributed by atoms with E-state index in [1.54, 1.807) is 0 Å². The smallest absolute Gasteiger partial charge is 0.243 e. The second-order valence-corrected chi connectivity index (χ2v) is 7.87. The van der Waals surface area contributed by atoms with Crippen LogP contribution in [0.15, 0.2) is 35.5 Å². The third kappa shape index (κ3) is 4.89. The Morgan fingerprint density at radius 2 is 1.81 bits per heavy atom. The lowest BCUT2D eigenvalue weighted by Crippen LogP contribution is -2.40. The van der Waals surface area contributed by atoms with Crippen molar-refractivity contribution in [3.05, 3.63) is 42.2 Å². The number of methoxy groups -OCH3 is 1. The highest BCUT2D eigenvalue weighted by Crippen LogP contribution is 2.25. The average molecular weight is 399 g/mol. The van der Waals surface area contributed by atoms with Crippen LogP contribution in [-0.2, 0) is 10.0 Å². The summed E-state index contributed by atoms with van der Waals surface area (Å²) in [6.45, 7) is 0. The van der Waals surface area contributed by atoms with Gasteiger partial charge in [0.15, 0.2) is 0 Å². The van der Waals surface area contributed by atoms with E-state index in [2.05, 4.69) is 14.7 Å². The molecule has 27 heavy (non-hydrogen) atoms. The summed E-state index contributed by atoms with van der Waals surface area (Å²) in [6, 6.07) is 1.96. The number of nitrogens with one attached hydrogen (secondary N) is 1. The molecule has 0 spiro atoms. The predicted octanol–water partition coefficient (Wildman–Crippen LogP) is 2.43. The van der Waals surface area contributed by atoms with E-state index >= 15 is 0 Å². The van der Waals surface area contributed by atoms with Crippen molar-refractivity contribution < 1.29 is 26.7 Å². The number of sulfonamides is 1. The number of hydrogen-bond acceptors (Lipinski definition) is 6. The zero-order valence-corrected chi connectivity index (χ0v) is 15.4. The van der Waals surface area contributed by atoms with Gasteiger partial charge in [0.1, 0.15) is 22.6 Å². The van der Waals surface area contributed by atoms with Crippen LogP contribution in [0.1, 0.15) is 25.7 Å². The SMILES string of the molecule is COc1cncc(OC2CCC(NS(=O)(=O)c3cc(F)ccc3F)CC2)n1. The molecule has 0 aliphatic heterocycles. The number of aromatic nitrogens is 2. The van der Waals surface area contributed by atoms with Crippen molar-refractivity contribution in [3.63, 3.8) is 0 Å². The molecular formula is C17H19F2N3O4S. The fraction of sp³-hybridized carbons (Fsp3) is 0.412. The van der Waals surface area contributed by atoms with E-state index < -0.39 is 26.6 Å². The molecule has 1 aliphatic rings. The Morgan fingerprint density at radius 3 is 2.52 bits per heavy atom. The summed E-state index contributed by atoms with van der Waals surface area (Å²) in [5, 5.41) is 0. The number of halogens is 2. The van der Waals surface area contributed by atoms with Crippen LogP contribution in [-0.4, -0.2) is 37.6 Å². The molecule has 0 radical (unpaired) electrons. The third-order valence-electron chi connectivity index (χ3n) is 4.27. The van der Waals surface area contributed by atoms with Gasteiger partial charge in [0.05, 0.1) is 19.5 Å². The zero-order valence-electron chi connectivity index (χ0n) is 14.6. The van der Waals surface area contributed by atoms with Crippen LogP contribution in [0.4, 0.5) is 8.78 Å². The van der Waals surface area contributed by atoms with E-state index in [9.17, 15) is 17.2 Å². The van der Waals surface area contributed by atoms with Gasteiger partial charge in [-0.05, 0) is 43.9 Å². The van der Waals surface area contributed by atoms with Crippen LogP contribution in [0.5, 0.6) is 11.8 Å². The first-order chi connectivity index (χ1) is 12.9. The number of nitrogens with zero attached hydrogens (tertiary/aromatic N) is 2. The molecule has 2 aromatic rings. The Bertz CT molecular complexity index is 903. The Morgan fingerprint density at radius 1 is 1.11 bits per heavy atom. The summed E-state index contributed by atoms with van der Waals surface area (Å²) in [7, 11) is -2.66. The highest BCUT2D eigenvalue weighted by atomic mass is 32.2. The quantitative estimate of drug-likeness (QED) is 0.802. The second kappa shape index (κ2) is 8.13. The van der Waals surface area contributed by atoms with Gasteiger partial charge in [-0.15, -0.1) is 0 Å². The van der Waals surface area contributed by atoms with Crippen LogP contribution in [0.2, 0.25) is 0 Å². The molecule has 3 rings (SSSR count). The molecule has 0 saturated heterocycles. The van der Waals surface area contributed by atoms with E-state index in [1.165, 1.54) is 19.5 Å². The monoisotopic (exact) mass is 399 g/mol. The molecule has 1 aliphatic carbocycles. The van der Waals surface area contributed by atoms with Gasteiger partial charge >= 0.3 is 0 Å². The van der Waals surface area contributed by atoms with Gasteiger partial charge in [0.25, 0.3) is 0 Å². The molecule has 1 heterocycles. The topological polar surface area (TPSA) is 90.4 Å². The van der Waals surface area contributed by atoms with E-state index in [1.807, 2.05) is 0 Å². The lowest BCUT2D eigenvalue weighted by molar-refractivity contribution is 0.136. The molecule has 10 heteroatoms. The van der Waals surface area contributed by atoms with Crippen LogP contribution >= 0.6 is 0 Å². The number of hydrogen-bond donors (Lipinski definition) is 1. The number of rotatable bonds is 6. The molecule has 1 aromatic heterocycles. The lowest BCUT2D eigenvalue weighted by atomic mass is 9.94. The van der Waals surface area contributed by atoms with Gasteiger partial charge < -0.3 is 9.47 Å². The Balaban J connectivity index is 1.58. The van der Waals surface area contributed by atoms with Gasteiger partial charge in [-0.1, -0.05) is 0 Å². The Hall–Kier alpha value is -2.33. The van der Waals surface area contributed by atoms with Gasteiger partial charge in [0.2, 0.25) is 21.8 Å². The van der Waals surface area contributed by atoms with Crippen LogP contribution in [0, 0.1) is 11.6 Å². The maximum absolute atomic E-state index is 13.8. The Labute approximate surface area is 155 Å². The first-order valence-corrected chi connectivity index (χ1v) is 9.86. The van der Waals surface area contributed by atoms with Crippen molar-refractivity contribution in [2.75, 3.05) is 7.11 Å². The molecule has 1 N–H and O–H groups in total. The molecule has 0 unspecified atom stereocenters. The molecule has 0 atom stereocenters. The average Bonchev–Trinajstić information content (AvgIpc) is 2.65. The maximum atomic E-state index is 13.8. The minimum absolute atomic E-state index is 0.141. The molecule has 146 valence electrons. The molecule has 1 saturated carbocycles. The van der Waals surface area contributed by atoms with Gasteiger partial charge in [0, 0.05) is 6.04 Å². The minimum Gasteiger partial charge on any atom is -0.480 e. The van der Waals surface area contributed by atoms with Gasteiger partial charge in [-0.3, -0.25) is 4.98 Å². The van der Waals surface area contributed by atoms with Crippen molar-refractivity contribution in [1.82, 2.24) is 14.7 Å². The summed E-state index contributed by atoms with van der Waals surface area (Å²) >= 11 is 0. The third-order valence-corrected chi connectivity index (χ3v) is 5.80. The van der Waals surface area contributed by atoms with Crippen LogP contribution < -0.4 is 14.2 Å². The molecule has 0 bridgehead atoms. The van der Waals surface area contributed by atoms with Crippen LogP contribution in [0.3, 0.4) is 0 Å². The van der Waals surface area contributed by atoms with Crippen molar-refractivity contribution in [3.8, 4) is 11.8 Å². The lowest BCUT2D eigenvalue weighted by Gasteiger charge is -2.29. The fourth-order valence-electron chi connectivity index (χ4n) is 2.92. The largest absolute Gasteiger partial charge is 0.480 e. The molecule has 7 nitrogen and oxygen atoms in total. The van der Waals surface area contributed by atoms with E-state index in [0.717, 1.165) is 12.1 Å². The molecule has 0 amide bonds. The Kier molecular flexibility index (Phi) is 5.85. The molecule has 1 aromatic carbocycles.